The molecule has 1 aromatic rings. The van der Waals surface area contributed by atoms with E-state index in [4.69, 9.17) is 16.3 Å². The molecule has 0 amide bonds. The molecule has 28 heavy (non-hydrogen) atoms. The van der Waals surface area contributed by atoms with Gasteiger partial charge in [-0.1, -0.05) is 18.2 Å². The van der Waals surface area contributed by atoms with E-state index in [0.29, 0.717) is 39.5 Å². The summed E-state index contributed by atoms with van der Waals surface area (Å²) in [4.78, 5) is 17.2. The number of allylic oxidation sites excluding steroid dienone is 7. The van der Waals surface area contributed by atoms with Gasteiger partial charge in [-0.15, -0.1) is 11.3 Å². The quantitative estimate of drug-likeness (QED) is 0.224. The van der Waals surface area contributed by atoms with Gasteiger partial charge in [-0.05, 0) is 56.7 Å². The van der Waals surface area contributed by atoms with Crippen molar-refractivity contribution in [2.75, 3.05) is 12.4 Å². The van der Waals surface area contributed by atoms with Crippen LogP contribution in [0.1, 0.15) is 47.8 Å². The lowest BCUT2D eigenvalue weighted by Gasteiger charge is -2.12. The van der Waals surface area contributed by atoms with Crippen LogP contribution in [-0.4, -0.2) is 19.6 Å². The topological polar surface area (TPSA) is 74.5 Å². The summed E-state index contributed by atoms with van der Waals surface area (Å²) in [5.74, 6) is 0.558. The number of rotatable bonds is 9. The molecule has 1 aliphatic rings. The Hall–Kier alpha value is -2.62. The fourth-order valence-corrected chi connectivity index (χ4v) is 3.98. The summed E-state index contributed by atoms with van der Waals surface area (Å²) in [5, 5.41) is 14.2. The number of hydrogen-bond donors (Lipinski definition) is 1. The number of halogens is 1. The van der Waals surface area contributed by atoms with Crippen LogP contribution in [0.5, 0.6) is 0 Å². The van der Waals surface area contributed by atoms with Crippen LogP contribution < -0.4 is 5.32 Å². The standard InChI is InChI=1S/C21H22ClN3O2S/c1-5-16(27-4)11-6-13(2)19(26)20-18(24-3)17(12-23)21(28-20)25-15-9-7-14(22)8-10-15/h5,7,9,25H,2-3,6,8,10-11H2,1,4H3/b16-5+. The van der Waals surface area contributed by atoms with Gasteiger partial charge in [0.15, 0.2) is 0 Å². The molecule has 1 aliphatic carbocycles. The summed E-state index contributed by atoms with van der Waals surface area (Å²) in [6, 6.07) is 2.13. The predicted molar refractivity (Wildman–Crippen MR) is 117 cm³/mol. The van der Waals surface area contributed by atoms with Gasteiger partial charge in [0.1, 0.15) is 27.2 Å². The molecule has 1 N–H and O–H groups in total. The van der Waals surface area contributed by atoms with Crippen LogP contribution in [0.4, 0.5) is 10.7 Å². The number of nitrogens with one attached hydrogen (secondary N) is 1. The third-order valence-corrected chi connectivity index (χ3v) is 5.72. The number of nitriles is 1. The second-order valence-corrected chi connectivity index (χ2v) is 7.58. The molecule has 1 aromatic heterocycles. The highest BCUT2D eigenvalue weighted by Crippen LogP contribution is 2.41. The Kier molecular flexibility index (Phi) is 7.80. The monoisotopic (exact) mass is 415 g/mol. The number of thiophene rings is 1. The van der Waals surface area contributed by atoms with Crippen LogP contribution in [0.15, 0.2) is 51.9 Å². The molecule has 0 saturated carbocycles. The third kappa shape index (κ3) is 5.00. The highest BCUT2D eigenvalue weighted by molar-refractivity contribution is 7.19. The summed E-state index contributed by atoms with van der Waals surface area (Å²) in [6.45, 7) is 9.33. The number of methoxy groups -OCH3 is 1. The number of carbonyl (C=O) groups is 1. The normalized spacial score (nSPS) is 13.9. The molecule has 0 saturated heterocycles. The minimum Gasteiger partial charge on any atom is -0.501 e. The first-order valence-electron chi connectivity index (χ1n) is 8.72. The van der Waals surface area contributed by atoms with Crippen LogP contribution in [-0.2, 0) is 4.74 Å². The molecule has 0 atom stereocenters. The summed E-state index contributed by atoms with van der Waals surface area (Å²) < 4.78 is 5.22. The summed E-state index contributed by atoms with van der Waals surface area (Å²) in [5.41, 5.74) is 1.96. The van der Waals surface area contributed by atoms with Crippen molar-refractivity contribution in [3.8, 4) is 6.07 Å². The lowest BCUT2D eigenvalue weighted by atomic mass is 10.0. The number of Topliss-reactive ketones (excluding diaryl/α,β-unsaturated/α-hetero) is 1. The van der Waals surface area contributed by atoms with E-state index in [2.05, 4.69) is 29.7 Å². The number of aliphatic imine (C=N–C) groups is 1. The van der Waals surface area contributed by atoms with Crippen LogP contribution in [0.2, 0.25) is 0 Å². The predicted octanol–water partition coefficient (Wildman–Crippen LogP) is 6.23. The molecule has 2 rings (SSSR count). The largest absolute Gasteiger partial charge is 0.501 e. The van der Waals surface area contributed by atoms with Gasteiger partial charge in [0.25, 0.3) is 0 Å². The van der Waals surface area contributed by atoms with Crippen LogP contribution >= 0.6 is 22.9 Å². The zero-order valence-corrected chi connectivity index (χ0v) is 17.5. The molecular formula is C21H22ClN3O2S. The van der Waals surface area contributed by atoms with Gasteiger partial charge in [-0.2, -0.15) is 5.26 Å². The molecule has 146 valence electrons. The lowest BCUT2D eigenvalue weighted by Crippen LogP contribution is -2.02. The first-order valence-corrected chi connectivity index (χ1v) is 9.92. The maximum Gasteiger partial charge on any atom is 0.200 e. The second-order valence-electron chi connectivity index (χ2n) is 6.08. The van der Waals surface area contributed by atoms with Crippen molar-refractivity contribution in [3.05, 3.63) is 57.3 Å². The SMILES string of the molecule is C=Nc1c(C(=O)C(=C)CC/C(=C\C)OC)sc(NC2=CC=C(Cl)CC2)c1C#N. The Bertz CT molecular complexity index is 932. The Labute approximate surface area is 174 Å². The summed E-state index contributed by atoms with van der Waals surface area (Å²) in [7, 11) is 1.60. The van der Waals surface area contributed by atoms with Gasteiger partial charge < -0.3 is 10.1 Å². The first kappa shape index (κ1) is 21.7. The molecule has 0 spiro atoms. The van der Waals surface area contributed by atoms with E-state index in [1.165, 1.54) is 11.3 Å². The van der Waals surface area contributed by atoms with E-state index in [1.807, 2.05) is 25.2 Å². The Morgan fingerprint density at radius 3 is 2.75 bits per heavy atom. The third-order valence-electron chi connectivity index (χ3n) is 4.31. The van der Waals surface area contributed by atoms with Gasteiger partial charge in [-0.3, -0.25) is 9.79 Å². The number of carbonyl (C=O) groups excluding carboxylic acids is 1. The van der Waals surface area contributed by atoms with E-state index in [9.17, 15) is 10.1 Å². The second kappa shape index (κ2) is 10.1. The maximum atomic E-state index is 12.9. The number of hydrogen-bond acceptors (Lipinski definition) is 6. The van der Waals surface area contributed by atoms with E-state index in [-0.39, 0.29) is 5.78 Å². The summed E-state index contributed by atoms with van der Waals surface area (Å²) in [6.07, 6.45) is 8.05. The molecule has 0 fully saturated rings. The number of ketones is 1. The number of ether oxygens (including phenoxy) is 1. The Morgan fingerprint density at radius 1 is 1.46 bits per heavy atom. The van der Waals surface area contributed by atoms with Crippen molar-refractivity contribution in [1.29, 1.82) is 5.26 Å². The average Bonchev–Trinajstić information content (AvgIpc) is 3.06. The Balaban J connectivity index is 2.28. The highest BCUT2D eigenvalue weighted by atomic mass is 35.5. The minimum atomic E-state index is -0.232. The molecular weight excluding hydrogens is 394 g/mol. The van der Waals surface area contributed by atoms with E-state index in [0.717, 1.165) is 29.3 Å². The minimum absolute atomic E-state index is 0.232. The summed E-state index contributed by atoms with van der Waals surface area (Å²) >= 11 is 7.19. The van der Waals surface area contributed by atoms with Crippen molar-refractivity contribution >= 4 is 46.1 Å². The maximum absolute atomic E-state index is 12.9. The van der Waals surface area contributed by atoms with Crippen molar-refractivity contribution < 1.29 is 9.53 Å². The average molecular weight is 416 g/mol. The highest BCUT2D eigenvalue weighted by Gasteiger charge is 2.24. The fourth-order valence-electron chi connectivity index (χ4n) is 2.69. The fraction of sp³-hybridized carbons (Fsp3) is 0.286. The number of anilines is 1. The van der Waals surface area contributed by atoms with Gasteiger partial charge in [0.2, 0.25) is 5.78 Å². The van der Waals surface area contributed by atoms with Crippen molar-refractivity contribution in [2.45, 2.75) is 32.6 Å². The van der Waals surface area contributed by atoms with E-state index >= 15 is 0 Å². The molecule has 0 radical (unpaired) electrons. The van der Waals surface area contributed by atoms with Gasteiger partial charge in [-0.25, -0.2) is 0 Å². The number of nitrogens with zero attached hydrogens (tertiary/aromatic N) is 2. The van der Waals surface area contributed by atoms with Crippen molar-refractivity contribution in [3.63, 3.8) is 0 Å². The molecule has 0 unspecified atom stereocenters. The van der Waals surface area contributed by atoms with Gasteiger partial charge in [0, 0.05) is 17.2 Å². The van der Waals surface area contributed by atoms with Crippen LogP contribution in [0.3, 0.4) is 0 Å². The van der Waals surface area contributed by atoms with E-state index < -0.39 is 0 Å². The first-order chi connectivity index (χ1) is 13.4. The molecule has 0 bridgehead atoms. The lowest BCUT2D eigenvalue weighted by molar-refractivity contribution is 0.103. The zero-order valence-electron chi connectivity index (χ0n) is 16.0. The van der Waals surface area contributed by atoms with Crippen LogP contribution in [0.25, 0.3) is 0 Å². The molecule has 5 nitrogen and oxygen atoms in total. The molecule has 0 aromatic carbocycles. The van der Waals surface area contributed by atoms with Crippen molar-refractivity contribution in [1.82, 2.24) is 0 Å². The van der Waals surface area contributed by atoms with E-state index in [1.54, 1.807) is 7.11 Å². The molecule has 1 heterocycles. The van der Waals surface area contributed by atoms with Crippen LogP contribution in [0, 0.1) is 11.3 Å². The Morgan fingerprint density at radius 2 is 2.21 bits per heavy atom. The van der Waals surface area contributed by atoms with Gasteiger partial charge >= 0.3 is 0 Å². The van der Waals surface area contributed by atoms with Gasteiger partial charge in [0.05, 0.1) is 12.9 Å². The zero-order chi connectivity index (χ0) is 20.7. The molecule has 0 aliphatic heterocycles. The van der Waals surface area contributed by atoms with Crippen molar-refractivity contribution in [2.24, 2.45) is 4.99 Å². The molecule has 7 heteroatoms. The smallest absolute Gasteiger partial charge is 0.200 e.